The number of aliphatic hydroxyl groups excluding tert-OH is 1. The van der Waals surface area contributed by atoms with E-state index in [1.807, 2.05) is 91.0 Å². The third-order valence-corrected chi connectivity index (χ3v) is 7.18. The molecule has 0 saturated heterocycles. The van der Waals surface area contributed by atoms with E-state index in [1.54, 1.807) is 12.2 Å². The molecule has 226 valence electrons. The molecule has 3 aromatic rings. The van der Waals surface area contributed by atoms with Gasteiger partial charge in [-0.25, -0.2) is 0 Å². The van der Waals surface area contributed by atoms with Gasteiger partial charge in [-0.1, -0.05) is 103 Å². The van der Waals surface area contributed by atoms with E-state index in [4.69, 9.17) is 4.74 Å². The number of aliphatic hydroxyl groups is 1. The Bertz CT molecular complexity index is 1300. The Labute approximate surface area is 254 Å². The molecular weight excluding hydrogens is 540 g/mol. The summed E-state index contributed by atoms with van der Waals surface area (Å²) >= 11 is 0. The normalized spacial score (nSPS) is 13.5. The number of allylic oxidation sites excluding steroid dienone is 2. The van der Waals surface area contributed by atoms with Crippen LogP contribution in [0.3, 0.4) is 0 Å². The summed E-state index contributed by atoms with van der Waals surface area (Å²) in [7, 11) is 0. The molecule has 0 fully saturated rings. The lowest BCUT2D eigenvalue weighted by Crippen LogP contribution is -2.42. The molecule has 7 nitrogen and oxygen atoms in total. The smallest absolute Gasteiger partial charge is 0.309 e. The van der Waals surface area contributed by atoms with Gasteiger partial charge in [-0.15, -0.1) is 13.2 Å². The number of benzene rings is 3. The van der Waals surface area contributed by atoms with Crippen LogP contribution in [-0.2, 0) is 32.0 Å². The molecule has 0 aliphatic rings. The van der Waals surface area contributed by atoms with E-state index >= 15 is 0 Å². The molecule has 0 bridgehead atoms. The highest BCUT2D eigenvalue weighted by Gasteiger charge is 2.27. The van der Waals surface area contributed by atoms with Gasteiger partial charge in [-0.05, 0) is 42.4 Å². The molecule has 3 rings (SSSR count). The lowest BCUT2D eigenvalue weighted by molar-refractivity contribution is -0.150. The molecule has 3 aromatic carbocycles. The number of esters is 1. The summed E-state index contributed by atoms with van der Waals surface area (Å²) in [5.41, 5.74) is 2.79. The van der Waals surface area contributed by atoms with Crippen molar-refractivity contribution in [2.24, 2.45) is 11.8 Å². The maximum atomic E-state index is 13.5. The van der Waals surface area contributed by atoms with Gasteiger partial charge in [-0.3, -0.25) is 14.4 Å². The second kappa shape index (κ2) is 18.1. The molecule has 7 heteroatoms. The Hall–Kier alpha value is -4.49. The third kappa shape index (κ3) is 11.4. The molecule has 0 unspecified atom stereocenters. The van der Waals surface area contributed by atoms with Crippen LogP contribution in [0.1, 0.15) is 42.0 Å². The summed E-state index contributed by atoms with van der Waals surface area (Å²) in [6.45, 7) is 7.27. The van der Waals surface area contributed by atoms with Gasteiger partial charge in [-0.2, -0.15) is 0 Å². The van der Waals surface area contributed by atoms with Gasteiger partial charge in [0.2, 0.25) is 11.8 Å². The van der Waals surface area contributed by atoms with Gasteiger partial charge in [0.1, 0.15) is 6.61 Å². The highest BCUT2D eigenvalue weighted by molar-refractivity contribution is 5.86. The summed E-state index contributed by atoms with van der Waals surface area (Å²) < 4.78 is 5.76. The van der Waals surface area contributed by atoms with Crippen molar-refractivity contribution < 1.29 is 24.2 Å². The molecule has 0 aliphatic heterocycles. The number of ether oxygens (including phenoxy) is 1. The van der Waals surface area contributed by atoms with Crippen molar-refractivity contribution in [2.45, 2.75) is 44.2 Å². The fraction of sp³-hybridized carbons (Fsp3) is 0.306. The van der Waals surface area contributed by atoms with Gasteiger partial charge in [0.25, 0.3) is 0 Å². The molecule has 3 N–H and O–H groups in total. The first kappa shape index (κ1) is 33.0. The summed E-state index contributed by atoms with van der Waals surface area (Å²) in [6.07, 6.45) is 4.96. The van der Waals surface area contributed by atoms with Crippen LogP contribution in [0.2, 0.25) is 0 Å². The quantitative estimate of drug-likeness (QED) is 0.143. The van der Waals surface area contributed by atoms with E-state index in [9.17, 15) is 19.5 Å². The SMILES string of the molecule is C=CC[C@H](CC(=O)N[C@H](CO)Cc1ccccc1)C(=O)N[C@H](COC(=O)[C@H](CC=C)Cc1ccccc1)c1ccccc1. The summed E-state index contributed by atoms with van der Waals surface area (Å²) in [5, 5.41) is 15.7. The molecule has 0 spiro atoms. The monoisotopic (exact) mass is 582 g/mol. The van der Waals surface area contributed by atoms with E-state index < -0.39 is 23.9 Å². The lowest BCUT2D eigenvalue weighted by atomic mass is 9.96. The van der Waals surface area contributed by atoms with Crippen LogP contribution in [0.25, 0.3) is 0 Å². The second-order valence-electron chi connectivity index (χ2n) is 10.6. The fourth-order valence-corrected chi connectivity index (χ4v) is 4.90. The van der Waals surface area contributed by atoms with Crippen molar-refractivity contribution in [3.8, 4) is 0 Å². The van der Waals surface area contributed by atoms with E-state index in [0.29, 0.717) is 19.3 Å². The number of carbonyl (C=O) groups excluding carboxylic acids is 3. The molecule has 0 heterocycles. The fourth-order valence-electron chi connectivity index (χ4n) is 4.90. The molecule has 0 aliphatic carbocycles. The Morgan fingerprint density at radius 1 is 0.744 bits per heavy atom. The van der Waals surface area contributed by atoms with Crippen LogP contribution >= 0.6 is 0 Å². The van der Waals surface area contributed by atoms with E-state index in [1.165, 1.54) is 0 Å². The predicted molar refractivity (Wildman–Crippen MR) is 169 cm³/mol. The number of rotatable bonds is 18. The van der Waals surface area contributed by atoms with Crippen molar-refractivity contribution in [2.75, 3.05) is 13.2 Å². The summed E-state index contributed by atoms with van der Waals surface area (Å²) in [4.78, 5) is 39.5. The van der Waals surface area contributed by atoms with Crippen molar-refractivity contribution >= 4 is 17.8 Å². The lowest BCUT2D eigenvalue weighted by Gasteiger charge is -2.24. The number of amides is 2. The van der Waals surface area contributed by atoms with Crippen LogP contribution in [0.4, 0.5) is 0 Å². The van der Waals surface area contributed by atoms with Gasteiger partial charge in [0.15, 0.2) is 0 Å². The van der Waals surface area contributed by atoms with Gasteiger partial charge >= 0.3 is 5.97 Å². The maximum absolute atomic E-state index is 13.5. The van der Waals surface area contributed by atoms with Gasteiger partial charge < -0.3 is 20.5 Å². The molecule has 43 heavy (non-hydrogen) atoms. The molecule has 0 aromatic heterocycles. The zero-order valence-corrected chi connectivity index (χ0v) is 24.6. The summed E-state index contributed by atoms with van der Waals surface area (Å²) in [5.74, 6) is -2.15. The zero-order chi connectivity index (χ0) is 30.9. The van der Waals surface area contributed by atoms with E-state index in [2.05, 4.69) is 23.8 Å². The van der Waals surface area contributed by atoms with Crippen LogP contribution in [-0.4, -0.2) is 42.1 Å². The second-order valence-corrected chi connectivity index (χ2v) is 10.6. The largest absolute Gasteiger partial charge is 0.463 e. The topological polar surface area (TPSA) is 105 Å². The predicted octanol–water partition coefficient (Wildman–Crippen LogP) is 5.12. The van der Waals surface area contributed by atoms with Crippen molar-refractivity contribution in [3.63, 3.8) is 0 Å². The van der Waals surface area contributed by atoms with Crippen molar-refractivity contribution in [3.05, 3.63) is 133 Å². The minimum Gasteiger partial charge on any atom is -0.463 e. The molecule has 0 saturated carbocycles. The Morgan fingerprint density at radius 3 is 1.84 bits per heavy atom. The third-order valence-electron chi connectivity index (χ3n) is 7.18. The number of nitrogens with one attached hydrogen (secondary N) is 2. The zero-order valence-electron chi connectivity index (χ0n) is 24.6. The van der Waals surface area contributed by atoms with Crippen LogP contribution < -0.4 is 10.6 Å². The first-order valence-corrected chi connectivity index (χ1v) is 14.6. The van der Waals surface area contributed by atoms with Gasteiger partial charge in [0, 0.05) is 6.42 Å². The van der Waals surface area contributed by atoms with Crippen LogP contribution in [0, 0.1) is 11.8 Å². The van der Waals surface area contributed by atoms with Crippen molar-refractivity contribution in [1.82, 2.24) is 10.6 Å². The van der Waals surface area contributed by atoms with E-state index in [0.717, 1.165) is 16.7 Å². The minimum absolute atomic E-state index is 0.0618. The van der Waals surface area contributed by atoms with Crippen molar-refractivity contribution in [1.29, 1.82) is 0 Å². The average Bonchev–Trinajstić information content (AvgIpc) is 3.03. The van der Waals surface area contributed by atoms with Crippen LogP contribution in [0.5, 0.6) is 0 Å². The first-order valence-electron chi connectivity index (χ1n) is 14.6. The molecule has 0 radical (unpaired) electrons. The molecule has 4 atom stereocenters. The Balaban J connectivity index is 1.65. The number of carbonyl (C=O) groups is 3. The summed E-state index contributed by atoms with van der Waals surface area (Å²) in [6, 6.07) is 27.5. The highest BCUT2D eigenvalue weighted by atomic mass is 16.5. The highest BCUT2D eigenvalue weighted by Crippen LogP contribution is 2.20. The van der Waals surface area contributed by atoms with Gasteiger partial charge in [0.05, 0.1) is 30.5 Å². The van der Waals surface area contributed by atoms with Crippen LogP contribution in [0.15, 0.2) is 116 Å². The van der Waals surface area contributed by atoms with E-state index in [-0.39, 0.29) is 43.8 Å². The minimum atomic E-state index is -0.693. The Kier molecular flexibility index (Phi) is 13.9. The standard InChI is InChI=1S/C36H42N2O5/c1-3-14-30(24-34(40)37-32(25-39)23-28-18-10-6-11-19-28)35(41)38-33(29-20-12-7-13-21-29)26-43-36(42)31(15-4-2)22-27-16-8-5-9-17-27/h3-13,16-21,30-33,39H,1-2,14-15,22-26H2,(H,37,40)(H,38,41)/t30-,31-,32+,33-/m1/s1. The maximum Gasteiger partial charge on any atom is 0.309 e. The first-order chi connectivity index (χ1) is 20.9. The number of hydrogen-bond donors (Lipinski definition) is 3. The molecular formula is C36H42N2O5. The average molecular weight is 583 g/mol. The molecule has 2 amide bonds. The Morgan fingerprint density at radius 2 is 1.28 bits per heavy atom. The number of hydrogen-bond acceptors (Lipinski definition) is 5.